The number of hydrogen-bond donors (Lipinski definition) is 1. The topological polar surface area (TPSA) is 46.5 Å². The third-order valence-corrected chi connectivity index (χ3v) is 4.23. The van der Waals surface area contributed by atoms with E-state index in [1.165, 1.54) is 22.8 Å². The molecule has 0 saturated heterocycles. The Bertz CT molecular complexity index is 747. The van der Waals surface area contributed by atoms with Crippen LogP contribution in [-0.4, -0.2) is 18.2 Å². The van der Waals surface area contributed by atoms with Crippen molar-refractivity contribution in [1.82, 2.24) is 0 Å². The van der Waals surface area contributed by atoms with Crippen LogP contribution in [0, 0.1) is 20.8 Å². The molecule has 134 valence electrons. The van der Waals surface area contributed by atoms with Crippen LogP contribution in [0.5, 0.6) is 5.75 Å². The highest BCUT2D eigenvalue weighted by Gasteiger charge is 2.08. The van der Waals surface area contributed by atoms with E-state index in [4.69, 9.17) is 9.84 Å². The van der Waals surface area contributed by atoms with Gasteiger partial charge in [0.15, 0.2) is 0 Å². The number of allylic oxidation sites excluding steroid dienone is 6. The van der Waals surface area contributed by atoms with Crippen molar-refractivity contribution in [3.8, 4) is 5.75 Å². The number of hydrogen-bond acceptors (Lipinski definition) is 2. The van der Waals surface area contributed by atoms with Crippen molar-refractivity contribution in [1.29, 1.82) is 0 Å². The van der Waals surface area contributed by atoms with Crippen molar-refractivity contribution < 1.29 is 14.6 Å². The highest BCUT2D eigenvalue weighted by atomic mass is 16.5. The minimum atomic E-state index is -0.914. The fourth-order valence-corrected chi connectivity index (χ4v) is 2.55. The largest absolute Gasteiger partial charge is 0.496 e. The summed E-state index contributed by atoms with van der Waals surface area (Å²) in [7, 11) is 1.69. The van der Waals surface area contributed by atoms with E-state index in [2.05, 4.69) is 39.0 Å². The lowest BCUT2D eigenvalue weighted by Gasteiger charge is -2.13. The van der Waals surface area contributed by atoms with Gasteiger partial charge in [-0.2, -0.15) is 0 Å². The summed E-state index contributed by atoms with van der Waals surface area (Å²) in [6.45, 7) is 10.2. The van der Waals surface area contributed by atoms with Gasteiger partial charge < -0.3 is 9.84 Å². The number of ether oxygens (including phenoxy) is 1. The maximum absolute atomic E-state index is 10.7. The second-order valence-electron chi connectivity index (χ2n) is 6.07. The van der Waals surface area contributed by atoms with Crippen LogP contribution in [0.2, 0.25) is 0 Å². The number of benzene rings is 1. The molecule has 1 N–H and O–H groups in total. The lowest BCUT2D eigenvalue weighted by molar-refractivity contribution is -0.131. The summed E-state index contributed by atoms with van der Waals surface area (Å²) < 4.78 is 5.41. The SMILES string of the molecule is CCC(/C=C/C=C(C)/C=C/c1c(C)cc(OC)c(C)c1C)=C\C(=O)O. The Hall–Kier alpha value is -2.55. The monoisotopic (exact) mass is 340 g/mol. The van der Waals surface area contributed by atoms with Crippen LogP contribution in [0.1, 0.15) is 42.5 Å². The molecule has 0 aliphatic rings. The van der Waals surface area contributed by atoms with Gasteiger partial charge in [0.1, 0.15) is 5.75 Å². The number of carboxylic acids is 1. The predicted molar refractivity (Wildman–Crippen MR) is 105 cm³/mol. The number of carboxylic acid groups (broad SMARTS) is 1. The molecule has 0 unspecified atom stereocenters. The Labute approximate surface area is 151 Å². The quantitative estimate of drug-likeness (QED) is 0.522. The third kappa shape index (κ3) is 6.11. The van der Waals surface area contributed by atoms with Gasteiger partial charge in [-0.25, -0.2) is 4.79 Å². The minimum absolute atomic E-state index is 0.690. The molecule has 0 aromatic heterocycles. The first-order valence-corrected chi connectivity index (χ1v) is 8.41. The molecule has 25 heavy (non-hydrogen) atoms. The normalized spacial score (nSPS) is 13.0. The molecule has 0 saturated carbocycles. The first-order valence-electron chi connectivity index (χ1n) is 8.41. The number of methoxy groups -OCH3 is 1. The minimum Gasteiger partial charge on any atom is -0.496 e. The summed E-state index contributed by atoms with van der Waals surface area (Å²) in [5.74, 6) is 0.00239. The molecule has 0 radical (unpaired) electrons. The molecule has 3 heteroatoms. The van der Waals surface area contributed by atoms with Crippen LogP contribution in [0.15, 0.2) is 47.6 Å². The van der Waals surface area contributed by atoms with Gasteiger partial charge in [0.25, 0.3) is 0 Å². The van der Waals surface area contributed by atoms with Crippen LogP contribution in [0.3, 0.4) is 0 Å². The third-order valence-electron chi connectivity index (χ3n) is 4.23. The molecule has 1 aromatic rings. The van der Waals surface area contributed by atoms with E-state index in [9.17, 15) is 4.79 Å². The molecule has 0 atom stereocenters. The number of aryl methyl sites for hydroxylation is 1. The molecule has 0 heterocycles. The molecule has 0 aliphatic carbocycles. The van der Waals surface area contributed by atoms with Crippen LogP contribution < -0.4 is 4.74 Å². The molecule has 0 amide bonds. The average Bonchev–Trinajstić information content (AvgIpc) is 2.56. The molecule has 0 aliphatic heterocycles. The lowest BCUT2D eigenvalue weighted by atomic mass is 9.96. The Morgan fingerprint density at radius 1 is 1.20 bits per heavy atom. The van der Waals surface area contributed by atoms with Gasteiger partial charge in [-0.1, -0.05) is 42.9 Å². The molecule has 3 nitrogen and oxygen atoms in total. The van der Waals surface area contributed by atoms with Gasteiger partial charge in [-0.3, -0.25) is 0 Å². The standard InChI is InChI=1S/C22H28O3/c1-7-19(14-22(23)24)10-8-9-15(2)11-12-20-16(3)13-21(25-6)18(5)17(20)4/h8-14H,7H2,1-6H3,(H,23,24)/b10-8+,12-11+,15-9+,19-14+. The average molecular weight is 340 g/mol. The van der Waals surface area contributed by atoms with Crippen molar-refractivity contribution in [3.05, 3.63) is 69.8 Å². The molecular formula is C22H28O3. The van der Waals surface area contributed by atoms with E-state index in [0.29, 0.717) is 6.42 Å². The Balaban J connectivity index is 2.99. The number of rotatable bonds is 7. The number of aliphatic carboxylic acids is 1. The van der Waals surface area contributed by atoms with Crippen molar-refractivity contribution in [2.24, 2.45) is 0 Å². The molecule has 0 bridgehead atoms. The van der Waals surface area contributed by atoms with Crippen LogP contribution in [0.4, 0.5) is 0 Å². The fourth-order valence-electron chi connectivity index (χ4n) is 2.55. The van der Waals surface area contributed by atoms with Gasteiger partial charge >= 0.3 is 5.97 Å². The maximum Gasteiger partial charge on any atom is 0.328 e. The molecule has 1 aromatic carbocycles. The first-order chi connectivity index (χ1) is 11.8. The van der Waals surface area contributed by atoms with Crippen LogP contribution in [0.25, 0.3) is 6.08 Å². The Morgan fingerprint density at radius 2 is 1.88 bits per heavy atom. The Kier molecular flexibility index (Phi) is 7.93. The Morgan fingerprint density at radius 3 is 2.44 bits per heavy atom. The van der Waals surface area contributed by atoms with E-state index in [0.717, 1.165) is 22.5 Å². The summed E-state index contributed by atoms with van der Waals surface area (Å²) in [6, 6.07) is 2.06. The molecule has 0 spiro atoms. The van der Waals surface area contributed by atoms with Crippen molar-refractivity contribution in [2.75, 3.05) is 7.11 Å². The lowest BCUT2D eigenvalue weighted by Crippen LogP contribution is -1.95. The van der Waals surface area contributed by atoms with Crippen molar-refractivity contribution in [3.63, 3.8) is 0 Å². The van der Waals surface area contributed by atoms with Gasteiger partial charge in [0, 0.05) is 6.08 Å². The summed E-state index contributed by atoms with van der Waals surface area (Å²) in [5.41, 5.74) is 6.63. The molecular weight excluding hydrogens is 312 g/mol. The van der Waals surface area contributed by atoms with Crippen molar-refractivity contribution >= 4 is 12.0 Å². The maximum atomic E-state index is 10.7. The fraction of sp³-hybridized carbons (Fsp3) is 0.318. The summed E-state index contributed by atoms with van der Waals surface area (Å²) in [5, 5.41) is 8.80. The zero-order valence-corrected chi connectivity index (χ0v) is 16.0. The second kappa shape index (κ2) is 9.67. The smallest absolute Gasteiger partial charge is 0.328 e. The van der Waals surface area contributed by atoms with Gasteiger partial charge in [0.05, 0.1) is 7.11 Å². The van der Waals surface area contributed by atoms with E-state index in [1.807, 2.05) is 32.1 Å². The van der Waals surface area contributed by atoms with Gasteiger partial charge in [-0.05, 0) is 68.0 Å². The van der Waals surface area contributed by atoms with E-state index in [1.54, 1.807) is 7.11 Å². The summed E-state index contributed by atoms with van der Waals surface area (Å²) in [6.07, 6.45) is 11.8. The van der Waals surface area contributed by atoms with Gasteiger partial charge in [0.2, 0.25) is 0 Å². The molecule has 0 fully saturated rings. The second-order valence-corrected chi connectivity index (χ2v) is 6.07. The van der Waals surface area contributed by atoms with Crippen LogP contribution in [-0.2, 0) is 4.79 Å². The van der Waals surface area contributed by atoms with E-state index < -0.39 is 5.97 Å². The zero-order valence-electron chi connectivity index (χ0n) is 16.0. The highest BCUT2D eigenvalue weighted by Crippen LogP contribution is 2.28. The number of carbonyl (C=O) groups is 1. The zero-order chi connectivity index (χ0) is 19.0. The predicted octanol–water partition coefficient (Wildman–Crippen LogP) is 5.56. The van der Waals surface area contributed by atoms with E-state index in [-0.39, 0.29) is 0 Å². The summed E-state index contributed by atoms with van der Waals surface area (Å²) in [4.78, 5) is 10.7. The summed E-state index contributed by atoms with van der Waals surface area (Å²) >= 11 is 0. The first kappa shape index (κ1) is 20.5. The van der Waals surface area contributed by atoms with Crippen LogP contribution >= 0.6 is 0 Å². The van der Waals surface area contributed by atoms with E-state index >= 15 is 0 Å². The van der Waals surface area contributed by atoms with Gasteiger partial charge in [-0.15, -0.1) is 0 Å². The molecule has 1 rings (SSSR count). The highest BCUT2D eigenvalue weighted by molar-refractivity contribution is 5.81. The van der Waals surface area contributed by atoms with Crippen molar-refractivity contribution in [2.45, 2.75) is 41.0 Å².